The summed E-state index contributed by atoms with van der Waals surface area (Å²) in [5.41, 5.74) is 5.44. The predicted octanol–water partition coefficient (Wildman–Crippen LogP) is 15.4. The Morgan fingerprint density at radius 2 is 1.49 bits per heavy atom. The van der Waals surface area contributed by atoms with Gasteiger partial charge in [-0.3, -0.25) is 4.99 Å². The van der Waals surface area contributed by atoms with Crippen molar-refractivity contribution in [1.29, 1.82) is 0 Å². The van der Waals surface area contributed by atoms with Crippen molar-refractivity contribution in [3.63, 3.8) is 0 Å². The van der Waals surface area contributed by atoms with Gasteiger partial charge in [-0.2, -0.15) is 0 Å². The number of amides is 1. The number of nitrogens with zero attached hydrogens (tertiary/aromatic N) is 3. The smallest absolute Gasteiger partial charge is 0.410 e. The van der Waals surface area contributed by atoms with E-state index in [1.54, 1.807) is 0 Å². The number of ether oxygens (including phenoxy) is 1. The standard InChI is InChI=1S/C27H47N3O2.C12H19Cl.C6H14.C2H6/c1-12-15-16-28-21(5)24(23(14-3)20(4)13-2)22(6)30-18-17-29(19-27(30,10)11)25(31)32-26(7,8)9;1-4-6-7-9-12(13)10-11(3)8-5-2;1-3-5-6-4-2;1-2/h14-16,20H,12-13,17-19H2,1-11H3;6-7,9-10H,4-5,8H2,1-3H3;3-6H2,1-2H3;1-2H3/b16-15+,23-14-,24-22-,28-21+;7-6+,11-10+,12-9+;;. The van der Waals surface area contributed by atoms with E-state index in [2.05, 4.69) is 113 Å². The molecule has 0 radical (unpaired) electrons. The Hall–Kier alpha value is -2.53. The average molecular weight is 761 g/mol. The number of allylic oxidation sites excluding steroid dienone is 11. The van der Waals surface area contributed by atoms with Crippen LogP contribution in [0.15, 0.2) is 75.1 Å². The van der Waals surface area contributed by atoms with Gasteiger partial charge in [-0.15, -0.1) is 0 Å². The molecule has 1 aliphatic heterocycles. The first-order valence-electron chi connectivity index (χ1n) is 20.9. The molecule has 0 aromatic carbocycles. The normalized spacial score (nSPS) is 16.6. The third-order valence-corrected chi connectivity index (χ3v) is 8.88. The van der Waals surface area contributed by atoms with Crippen LogP contribution >= 0.6 is 11.6 Å². The molecule has 1 atom stereocenters. The SMILES string of the molecule is CC.CC/C=C/C=C(Cl)\C=C(/C)CCC.CCCCCC.C\C=C(C(/C(C)=N/C=C/CC)=C(/C)N1CCN(C(=O)OC(C)(C)C)CC1(C)C)\C(C)CC. The van der Waals surface area contributed by atoms with E-state index in [4.69, 9.17) is 21.3 Å². The summed E-state index contributed by atoms with van der Waals surface area (Å²) in [6.45, 7) is 40.1. The zero-order chi connectivity index (χ0) is 41.6. The summed E-state index contributed by atoms with van der Waals surface area (Å²) in [7, 11) is 0. The second-order valence-corrected chi connectivity index (χ2v) is 15.7. The highest BCUT2D eigenvalue weighted by Crippen LogP contribution is 2.33. The van der Waals surface area contributed by atoms with Gasteiger partial charge in [-0.05, 0) is 112 Å². The van der Waals surface area contributed by atoms with Crippen LogP contribution in [0.4, 0.5) is 4.79 Å². The maximum absolute atomic E-state index is 12.7. The number of piperazine rings is 1. The molecule has 1 fully saturated rings. The van der Waals surface area contributed by atoms with Crippen LogP contribution in [-0.2, 0) is 4.74 Å². The van der Waals surface area contributed by atoms with E-state index in [9.17, 15) is 4.79 Å². The molecule has 0 aromatic heterocycles. The van der Waals surface area contributed by atoms with E-state index < -0.39 is 5.60 Å². The molecule has 0 aliphatic carbocycles. The third-order valence-electron chi connectivity index (χ3n) is 8.65. The van der Waals surface area contributed by atoms with Gasteiger partial charge < -0.3 is 14.5 Å². The molecule has 0 N–H and O–H groups in total. The highest BCUT2D eigenvalue weighted by Gasteiger charge is 2.38. The number of halogens is 1. The summed E-state index contributed by atoms with van der Waals surface area (Å²) in [6.07, 6.45) is 25.0. The predicted molar refractivity (Wildman–Crippen MR) is 240 cm³/mol. The molecular formula is C47H86ClN3O2. The van der Waals surface area contributed by atoms with Crippen LogP contribution in [0.1, 0.15) is 182 Å². The first-order chi connectivity index (χ1) is 24.9. The van der Waals surface area contributed by atoms with Crippen molar-refractivity contribution in [3.8, 4) is 0 Å². The highest BCUT2D eigenvalue weighted by molar-refractivity contribution is 6.31. The van der Waals surface area contributed by atoms with Gasteiger partial charge in [-0.25, -0.2) is 4.79 Å². The van der Waals surface area contributed by atoms with Crippen molar-refractivity contribution in [2.45, 2.75) is 194 Å². The van der Waals surface area contributed by atoms with Crippen LogP contribution in [-0.4, -0.2) is 52.4 Å². The molecule has 1 rings (SSSR count). The van der Waals surface area contributed by atoms with Crippen molar-refractivity contribution in [3.05, 3.63) is 70.1 Å². The molecule has 1 heterocycles. The Bertz CT molecular complexity index is 1190. The van der Waals surface area contributed by atoms with Crippen molar-refractivity contribution in [1.82, 2.24) is 9.80 Å². The number of carbonyl (C=O) groups excluding carboxylic acids is 1. The molecule has 6 heteroatoms. The number of aliphatic imine (C=N–C) groups is 1. The zero-order valence-corrected chi connectivity index (χ0v) is 38.9. The number of carbonyl (C=O) groups is 1. The van der Waals surface area contributed by atoms with Gasteiger partial charge in [0.15, 0.2) is 0 Å². The highest BCUT2D eigenvalue weighted by atomic mass is 35.5. The fourth-order valence-electron chi connectivity index (χ4n) is 5.85. The Morgan fingerprint density at radius 1 is 0.925 bits per heavy atom. The van der Waals surface area contributed by atoms with E-state index in [0.717, 1.165) is 43.0 Å². The second-order valence-electron chi connectivity index (χ2n) is 15.2. The minimum Gasteiger partial charge on any atom is -0.444 e. The van der Waals surface area contributed by atoms with Crippen LogP contribution in [0.25, 0.3) is 0 Å². The summed E-state index contributed by atoms with van der Waals surface area (Å²) in [5, 5.41) is 0.815. The van der Waals surface area contributed by atoms with Crippen LogP contribution in [0, 0.1) is 5.92 Å². The molecular weight excluding hydrogens is 674 g/mol. The third kappa shape index (κ3) is 25.2. The molecule has 1 unspecified atom stereocenters. The number of rotatable bonds is 15. The lowest BCUT2D eigenvalue weighted by Gasteiger charge is -2.49. The fourth-order valence-corrected chi connectivity index (χ4v) is 6.11. The van der Waals surface area contributed by atoms with Gasteiger partial charge >= 0.3 is 6.09 Å². The van der Waals surface area contributed by atoms with Gasteiger partial charge in [0.1, 0.15) is 5.60 Å². The number of unbranched alkanes of at least 4 members (excludes halogenated alkanes) is 3. The Labute approximate surface area is 335 Å². The summed E-state index contributed by atoms with van der Waals surface area (Å²) < 4.78 is 5.63. The summed E-state index contributed by atoms with van der Waals surface area (Å²) in [6, 6.07) is 0. The molecule has 0 spiro atoms. The lowest BCUT2D eigenvalue weighted by molar-refractivity contribution is -0.00576. The monoisotopic (exact) mass is 760 g/mol. The lowest BCUT2D eigenvalue weighted by atomic mass is 9.86. The molecule has 308 valence electrons. The van der Waals surface area contributed by atoms with Crippen LogP contribution in [0.5, 0.6) is 0 Å². The topological polar surface area (TPSA) is 45.1 Å². The van der Waals surface area contributed by atoms with E-state index in [1.807, 2.05) is 63.9 Å². The van der Waals surface area contributed by atoms with E-state index in [1.165, 1.54) is 54.5 Å². The zero-order valence-electron chi connectivity index (χ0n) is 38.1. The molecule has 1 saturated heterocycles. The first-order valence-corrected chi connectivity index (χ1v) is 21.3. The maximum Gasteiger partial charge on any atom is 0.410 e. The van der Waals surface area contributed by atoms with Gasteiger partial charge in [0.05, 0.1) is 5.54 Å². The maximum atomic E-state index is 12.7. The van der Waals surface area contributed by atoms with Gasteiger partial charge in [0.2, 0.25) is 0 Å². The van der Waals surface area contributed by atoms with Gasteiger partial charge in [-0.1, -0.05) is 136 Å². The second kappa shape index (κ2) is 31.8. The molecule has 0 saturated carbocycles. The van der Waals surface area contributed by atoms with Crippen molar-refractivity contribution in [2.75, 3.05) is 19.6 Å². The molecule has 5 nitrogen and oxygen atoms in total. The van der Waals surface area contributed by atoms with E-state index >= 15 is 0 Å². The van der Waals surface area contributed by atoms with Crippen LogP contribution in [0.2, 0.25) is 0 Å². The number of hydrogen-bond acceptors (Lipinski definition) is 4. The Morgan fingerprint density at radius 3 is 1.92 bits per heavy atom. The molecule has 0 bridgehead atoms. The van der Waals surface area contributed by atoms with Crippen LogP contribution < -0.4 is 0 Å². The number of hydrogen-bond donors (Lipinski definition) is 0. The minimum atomic E-state index is -0.488. The molecule has 53 heavy (non-hydrogen) atoms. The average Bonchev–Trinajstić information content (AvgIpc) is 3.09. The summed E-state index contributed by atoms with van der Waals surface area (Å²) >= 11 is 5.98. The van der Waals surface area contributed by atoms with Crippen molar-refractivity contribution in [2.24, 2.45) is 10.9 Å². The molecule has 0 aromatic rings. The largest absolute Gasteiger partial charge is 0.444 e. The Balaban J connectivity index is -0.000000975. The fraction of sp³-hybridized carbons (Fsp3) is 0.702. The van der Waals surface area contributed by atoms with Gasteiger partial charge in [0, 0.05) is 47.8 Å². The lowest BCUT2D eigenvalue weighted by Crippen LogP contribution is -2.60. The Kier molecular flexibility index (Phi) is 32.9. The van der Waals surface area contributed by atoms with Crippen molar-refractivity contribution >= 4 is 23.4 Å². The van der Waals surface area contributed by atoms with Crippen molar-refractivity contribution < 1.29 is 9.53 Å². The molecule has 1 amide bonds. The van der Waals surface area contributed by atoms with E-state index in [-0.39, 0.29) is 11.6 Å². The molecule has 1 aliphatic rings. The summed E-state index contributed by atoms with van der Waals surface area (Å²) in [5.74, 6) is 0.441. The summed E-state index contributed by atoms with van der Waals surface area (Å²) in [4.78, 5) is 21.7. The van der Waals surface area contributed by atoms with Crippen LogP contribution in [0.3, 0.4) is 0 Å². The van der Waals surface area contributed by atoms with E-state index in [0.29, 0.717) is 19.0 Å². The van der Waals surface area contributed by atoms with Gasteiger partial charge in [0.25, 0.3) is 0 Å². The first kappa shape index (κ1) is 54.8. The quantitative estimate of drug-likeness (QED) is 0.0949. The minimum absolute atomic E-state index is 0.224.